The van der Waals surface area contributed by atoms with E-state index in [1.165, 1.54) is 6.07 Å². The lowest BCUT2D eigenvalue weighted by atomic mass is 10.1. The number of hydrazine groups is 1. The molecule has 6 nitrogen and oxygen atoms in total. The number of amides is 1. The van der Waals surface area contributed by atoms with Gasteiger partial charge in [-0.15, -0.1) is 0 Å². The fraction of sp³-hybridized carbons (Fsp3) is 0.0526. The summed E-state index contributed by atoms with van der Waals surface area (Å²) in [6.07, 6.45) is 0.0131. The molecule has 3 aromatic rings. The Bertz CT molecular complexity index is 1070. The van der Waals surface area contributed by atoms with Gasteiger partial charge < -0.3 is 10.2 Å². The Balaban J connectivity index is 2.04. The first kappa shape index (κ1) is 19.3. The zero-order chi connectivity index (χ0) is 19.6. The van der Waals surface area contributed by atoms with Crippen LogP contribution in [0.15, 0.2) is 62.5 Å². The molecule has 0 aliphatic heterocycles. The fourth-order valence-electron chi connectivity index (χ4n) is 2.62. The van der Waals surface area contributed by atoms with Crippen LogP contribution in [0.4, 0.5) is 5.69 Å². The van der Waals surface area contributed by atoms with Crippen LogP contribution in [-0.4, -0.2) is 21.8 Å². The highest BCUT2D eigenvalue weighted by atomic mass is 79.9. The van der Waals surface area contributed by atoms with Gasteiger partial charge in [-0.1, -0.05) is 30.3 Å². The number of hydrogen-bond donors (Lipinski definition) is 4. The van der Waals surface area contributed by atoms with E-state index in [1.54, 1.807) is 6.07 Å². The smallest absolute Gasteiger partial charge is 0.279 e. The minimum atomic E-state index is -0.567. The van der Waals surface area contributed by atoms with E-state index < -0.39 is 5.91 Å². The van der Waals surface area contributed by atoms with Crippen LogP contribution in [0.5, 0.6) is 11.5 Å². The molecule has 0 saturated heterocycles. The van der Waals surface area contributed by atoms with Crippen LogP contribution in [0.1, 0.15) is 5.56 Å². The molecule has 0 heterocycles. The minimum absolute atomic E-state index is 0.0131. The first-order chi connectivity index (χ1) is 12.9. The van der Waals surface area contributed by atoms with E-state index in [0.717, 1.165) is 10.8 Å². The number of nitrogens with two attached hydrogens (primary N) is 1. The average molecular weight is 493 g/mol. The van der Waals surface area contributed by atoms with Gasteiger partial charge in [-0.3, -0.25) is 10.2 Å². The number of carbonyl (C=O) groups excluding carboxylic acids is 1. The van der Waals surface area contributed by atoms with Gasteiger partial charge in [-0.25, -0.2) is 10.8 Å². The lowest BCUT2D eigenvalue weighted by Crippen LogP contribution is -2.37. The maximum absolute atomic E-state index is 12.2. The predicted molar refractivity (Wildman–Crippen MR) is 112 cm³/mol. The van der Waals surface area contributed by atoms with Gasteiger partial charge >= 0.3 is 0 Å². The number of phenols is 2. The summed E-state index contributed by atoms with van der Waals surface area (Å²) < 4.78 is 0.505. The van der Waals surface area contributed by atoms with Crippen LogP contribution in [0.3, 0.4) is 0 Å². The van der Waals surface area contributed by atoms with Crippen molar-refractivity contribution < 1.29 is 15.0 Å². The fourth-order valence-corrected chi connectivity index (χ4v) is 3.83. The Morgan fingerprint density at radius 2 is 1.74 bits per heavy atom. The molecule has 1 amide bonds. The van der Waals surface area contributed by atoms with Crippen molar-refractivity contribution in [3.05, 3.63) is 63.0 Å². The van der Waals surface area contributed by atoms with Gasteiger partial charge in [0.1, 0.15) is 21.7 Å². The molecule has 5 N–H and O–H groups in total. The highest BCUT2D eigenvalue weighted by Crippen LogP contribution is 2.41. The Morgan fingerprint density at radius 3 is 2.44 bits per heavy atom. The Labute approximate surface area is 172 Å². The minimum Gasteiger partial charge on any atom is -0.506 e. The highest BCUT2D eigenvalue weighted by molar-refractivity contribution is 9.11. The van der Waals surface area contributed by atoms with Crippen molar-refractivity contribution in [2.45, 2.75) is 6.42 Å². The largest absolute Gasteiger partial charge is 0.506 e. The van der Waals surface area contributed by atoms with Gasteiger partial charge in [-0.05, 0) is 60.8 Å². The van der Waals surface area contributed by atoms with Crippen molar-refractivity contribution in [3.8, 4) is 11.5 Å². The number of benzene rings is 3. The second-order valence-corrected chi connectivity index (χ2v) is 7.42. The van der Waals surface area contributed by atoms with Gasteiger partial charge in [-0.2, -0.15) is 0 Å². The molecule has 0 aliphatic carbocycles. The monoisotopic (exact) mass is 491 g/mol. The van der Waals surface area contributed by atoms with Crippen molar-refractivity contribution in [2.75, 3.05) is 0 Å². The molecule has 0 bridgehead atoms. The third-order valence-electron chi connectivity index (χ3n) is 4.00. The van der Waals surface area contributed by atoms with Crippen LogP contribution >= 0.6 is 31.9 Å². The normalized spacial score (nSPS) is 11.6. The van der Waals surface area contributed by atoms with E-state index >= 15 is 0 Å². The topological polar surface area (TPSA) is 108 Å². The SMILES string of the molecule is NNC(=O)C(Cc1cc(Br)c(O)c(Br)c1O)=Nc1ccc2ccccc2c1. The Kier molecular flexibility index (Phi) is 5.79. The third-order valence-corrected chi connectivity index (χ3v) is 5.35. The lowest BCUT2D eigenvalue weighted by Gasteiger charge is -2.11. The van der Waals surface area contributed by atoms with Crippen molar-refractivity contribution in [1.29, 1.82) is 0 Å². The van der Waals surface area contributed by atoms with Crippen molar-refractivity contribution >= 4 is 59.9 Å². The average Bonchev–Trinajstić information content (AvgIpc) is 2.69. The summed E-state index contributed by atoms with van der Waals surface area (Å²) >= 11 is 6.34. The molecule has 0 atom stereocenters. The molecule has 8 heteroatoms. The number of phenolic OH excluding ortho intramolecular Hbond substituents is 2. The predicted octanol–water partition coefficient (Wildman–Crippen LogP) is 4.08. The van der Waals surface area contributed by atoms with Gasteiger partial charge in [0, 0.05) is 12.0 Å². The van der Waals surface area contributed by atoms with Crippen LogP contribution < -0.4 is 11.3 Å². The summed E-state index contributed by atoms with van der Waals surface area (Å²) in [7, 11) is 0. The number of rotatable bonds is 4. The Morgan fingerprint density at radius 1 is 1.04 bits per heavy atom. The Hall–Kier alpha value is -2.42. The summed E-state index contributed by atoms with van der Waals surface area (Å²) in [6, 6.07) is 14.9. The maximum atomic E-state index is 12.2. The van der Waals surface area contributed by atoms with Gasteiger partial charge in [0.05, 0.1) is 10.2 Å². The van der Waals surface area contributed by atoms with Gasteiger partial charge in [0.2, 0.25) is 0 Å². The molecule has 0 unspecified atom stereocenters. The number of nitrogens with one attached hydrogen (secondary N) is 1. The molecule has 0 radical (unpaired) electrons. The van der Waals surface area contributed by atoms with Crippen LogP contribution in [-0.2, 0) is 11.2 Å². The molecular weight excluding hydrogens is 478 g/mol. The quantitative estimate of drug-likeness (QED) is 0.190. The number of halogens is 2. The van der Waals surface area contributed by atoms with Crippen LogP contribution in [0.2, 0.25) is 0 Å². The molecule has 138 valence electrons. The second kappa shape index (κ2) is 8.08. The van der Waals surface area contributed by atoms with E-state index in [2.05, 4.69) is 42.3 Å². The van der Waals surface area contributed by atoms with E-state index in [0.29, 0.717) is 15.7 Å². The summed E-state index contributed by atoms with van der Waals surface area (Å²) in [5, 5.41) is 22.2. The first-order valence-corrected chi connectivity index (χ1v) is 9.45. The van der Waals surface area contributed by atoms with E-state index in [1.807, 2.05) is 36.4 Å². The number of aliphatic imine (C=N–C) groups is 1. The number of nitrogens with zero attached hydrogens (tertiary/aromatic N) is 1. The summed E-state index contributed by atoms with van der Waals surface area (Å²) in [6.45, 7) is 0. The summed E-state index contributed by atoms with van der Waals surface area (Å²) in [4.78, 5) is 16.6. The van der Waals surface area contributed by atoms with E-state index in [-0.39, 0.29) is 28.1 Å². The number of hydrogen-bond acceptors (Lipinski definition) is 5. The third kappa shape index (κ3) is 4.13. The van der Waals surface area contributed by atoms with E-state index in [9.17, 15) is 15.0 Å². The molecule has 0 aromatic heterocycles. The summed E-state index contributed by atoms with van der Waals surface area (Å²) in [5.41, 5.74) is 3.18. The molecule has 27 heavy (non-hydrogen) atoms. The standard InChI is InChI=1S/C19H15Br2N3O3/c20-14-8-12(17(25)16(21)18(14)26)9-15(19(27)24-22)23-13-6-5-10-3-1-2-4-11(10)7-13/h1-8,25-26H,9,22H2,(H,24,27). The second-order valence-electron chi connectivity index (χ2n) is 5.77. The summed E-state index contributed by atoms with van der Waals surface area (Å²) in [5.74, 6) is 4.42. The molecule has 0 aliphatic rings. The number of carbonyl (C=O) groups is 1. The molecule has 0 spiro atoms. The maximum Gasteiger partial charge on any atom is 0.279 e. The van der Waals surface area contributed by atoms with Crippen molar-refractivity contribution in [2.24, 2.45) is 10.8 Å². The van der Waals surface area contributed by atoms with Gasteiger partial charge in [0.25, 0.3) is 5.91 Å². The zero-order valence-electron chi connectivity index (χ0n) is 13.9. The molecule has 0 saturated carbocycles. The first-order valence-electron chi connectivity index (χ1n) is 7.87. The van der Waals surface area contributed by atoms with Crippen molar-refractivity contribution in [3.63, 3.8) is 0 Å². The lowest BCUT2D eigenvalue weighted by molar-refractivity contribution is -0.114. The van der Waals surface area contributed by atoms with Crippen molar-refractivity contribution in [1.82, 2.24) is 5.43 Å². The van der Waals surface area contributed by atoms with E-state index in [4.69, 9.17) is 5.84 Å². The highest BCUT2D eigenvalue weighted by Gasteiger charge is 2.19. The zero-order valence-corrected chi connectivity index (χ0v) is 17.1. The molecule has 3 aromatic carbocycles. The van der Waals surface area contributed by atoms with Crippen LogP contribution in [0.25, 0.3) is 10.8 Å². The molecular formula is C19H15Br2N3O3. The molecule has 0 fully saturated rings. The van der Waals surface area contributed by atoms with Crippen LogP contribution in [0, 0.1) is 0 Å². The number of fused-ring (bicyclic) bond motifs is 1. The van der Waals surface area contributed by atoms with Gasteiger partial charge in [0.15, 0.2) is 0 Å². The number of aromatic hydroxyl groups is 2. The molecule has 3 rings (SSSR count).